The third kappa shape index (κ3) is 8.53. The Bertz CT molecular complexity index is 2220. The molecule has 0 saturated heterocycles. The molecule has 0 unspecified atom stereocenters. The quantitative estimate of drug-likeness (QED) is 0.0525. The minimum Gasteiger partial charge on any atom is -0.508 e. The maximum atomic E-state index is 14.5. The fourth-order valence-electron chi connectivity index (χ4n) is 6.01. The van der Waals surface area contributed by atoms with Crippen molar-refractivity contribution in [2.24, 2.45) is 10.7 Å². The highest BCUT2D eigenvalue weighted by atomic mass is 35.5. The van der Waals surface area contributed by atoms with Crippen LogP contribution in [0.2, 0.25) is 5.02 Å². The third-order valence-electron chi connectivity index (χ3n) is 8.51. The van der Waals surface area contributed by atoms with Gasteiger partial charge in [-0.05, 0) is 67.3 Å². The molecular formula is C40H43ClN8O3. The fourth-order valence-corrected chi connectivity index (χ4v) is 6.20. The van der Waals surface area contributed by atoms with Crippen LogP contribution in [-0.2, 0) is 17.9 Å². The molecule has 2 heterocycles. The first-order chi connectivity index (χ1) is 25.2. The lowest BCUT2D eigenvalue weighted by atomic mass is 10.1. The average molecular weight is 719 g/mol. The van der Waals surface area contributed by atoms with Crippen molar-refractivity contribution in [3.05, 3.63) is 117 Å². The monoisotopic (exact) mass is 718 g/mol. The van der Waals surface area contributed by atoms with Gasteiger partial charge < -0.3 is 21.5 Å². The van der Waals surface area contributed by atoms with Gasteiger partial charge in [-0.1, -0.05) is 68.1 Å². The van der Waals surface area contributed by atoms with Crippen LogP contribution >= 0.6 is 11.6 Å². The zero-order valence-corrected chi connectivity index (χ0v) is 30.2. The number of benzene rings is 3. The van der Waals surface area contributed by atoms with E-state index in [1.807, 2.05) is 29.2 Å². The van der Waals surface area contributed by atoms with Crippen LogP contribution < -0.4 is 17.0 Å². The standard InChI is InChI=1S/C40H43ClN8O3/c1-4-23-47(24-5-2)34(51)18-9-7-8-13-27-15-12-17-32-35(27)40(52)48(25-29-14-10-11-16-31(29)41)33(45-32)26-49-39(43)36(38(42)44-6-3)37(46-49)28-19-21-30(50)22-20-28/h6,10-12,14-17,19-22,50H,3-5,7,9,18,23-26,43H2,1-2H3,(H2,42,44). The van der Waals surface area contributed by atoms with Gasteiger partial charge in [-0.15, -0.1) is 0 Å². The van der Waals surface area contributed by atoms with Gasteiger partial charge in [-0.2, -0.15) is 5.10 Å². The number of aliphatic imine (C=N–C) groups is 1. The summed E-state index contributed by atoms with van der Waals surface area (Å²) < 4.78 is 3.08. The summed E-state index contributed by atoms with van der Waals surface area (Å²) in [6.07, 6.45) is 4.72. The van der Waals surface area contributed by atoms with Crippen LogP contribution in [0.4, 0.5) is 5.82 Å². The molecule has 3 aromatic carbocycles. The fraction of sp³-hybridized carbons (Fsp3) is 0.275. The molecule has 0 bridgehead atoms. The zero-order chi connectivity index (χ0) is 37.2. The van der Waals surface area contributed by atoms with E-state index < -0.39 is 0 Å². The van der Waals surface area contributed by atoms with Crippen LogP contribution in [0.1, 0.15) is 68.5 Å². The minimum absolute atomic E-state index is 0.00489. The Kier molecular flexibility index (Phi) is 12.5. The van der Waals surface area contributed by atoms with Gasteiger partial charge in [-0.25, -0.2) is 14.7 Å². The van der Waals surface area contributed by atoms with Crippen molar-refractivity contribution in [1.82, 2.24) is 24.2 Å². The van der Waals surface area contributed by atoms with Crippen LogP contribution in [0.5, 0.6) is 5.75 Å². The number of hydrogen-bond donors (Lipinski definition) is 3. The number of nitrogens with two attached hydrogens (primary N) is 2. The number of rotatable bonds is 14. The van der Waals surface area contributed by atoms with Crippen molar-refractivity contribution in [2.45, 2.75) is 59.0 Å². The van der Waals surface area contributed by atoms with Crippen molar-refractivity contribution in [1.29, 1.82) is 0 Å². The summed E-state index contributed by atoms with van der Waals surface area (Å²) in [5.74, 6) is 7.27. The van der Waals surface area contributed by atoms with Gasteiger partial charge in [0.2, 0.25) is 5.91 Å². The van der Waals surface area contributed by atoms with Crippen LogP contribution in [-0.4, -0.2) is 54.2 Å². The van der Waals surface area contributed by atoms with Gasteiger partial charge in [-0.3, -0.25) is 14.2 Å². The van der Waals surface area contributed by atoms with Crippen molar-refractivity contribution in [2.75, 3.05) is 18.8 Å². The molecule has 0 fully saturated rings. The van der Waals surface area contributed by atoms with Gasteiger partial charge in [0.25, 0.3) is 5.56 Å². The number of amides is 1. The van der Waals surface area contributed by atoms with Crippen molar-refractivity contribution >= 4 is 40.1 Å². The molecule has 5 rings (SSSR count). The normalized spacial score (nSPS) is 11.3. The molecule has 268 valence electrons. The maximum Gasteiger partial charge on any atom is 0.263 e. The van der Waals surface area contributed by atoms with Gasteiger partial charge in [0, 0.05) is 48.3 Å². The smallest absolute Gasteiger partial charge is 0.263 e. The molecule has 0 aliphatic carbocycles. The molecule has 0 aliphatic rings. The minimum atomic E-state index is -0.299. The third-order valence-corrected chi connectivity index (χ3v) is 8.88. The number of phenolic OH excluding ortho intramolecular Hbond substituents is 1. The second-order valence-corrected chi connectivity index (χ2v) is 12.7. The Labute approximate surface area is 308 Å². The Morgan fingerprint density at radius 1 is 1.06 bits per heavy atom. The molecule has 0 radical (unpaired) electrons. The number of hydrogen-bond acceptors (Lipinski definition) is 7. The topological polar surface area (TPSA) is 158 Å². The molecule has 52 heavy (non-hydrogen) atoms. The Hall–Kier alpha value is -5.86. The van der Waals surface area contributed by atoms with Gasteiger partial charge in [0.05, 0.1) is 23.0 Å². The van der Waals surface area contributed by atoms with E-state index >= 15 is 0 Å². The SMILES string of the molecule is C=CN=C(N)c1c(-c2ccc(O)cc2)nn(Cc2nc3cccc(C#CCCCC(=O)N(CCC)CCC)c3c(=O)n2Cc2ccccc2Cl)c1N. The van der Waals surface area contributed by atoms with E-state index in [2.05, 4.69) is 37.3 Å². The number of anilines is 1. The maximum absolute atomic E-state index is 14.5. The van der Waals surface area contributed by atoms with Crippen LogP contribution in [0.15, 0.2) is 89.3 Å². The molecule has 0 aliphatic heterocycles. The van der Waals surface area contributed by atoms with E-state index in [1.165, 1.54) is 23.0 Å². The van der Waals surface area contributed by atoms with Crippen LogP contribution in [0.3, 0.4) is 0 Å². The Morgan fingerprint density at radius 3 is 2.48 bits per heavy atom. The number of carbonyl (C=O) groups excluding carboxylic acids is 1. The lowest BCUT2D eigenvalue weighted by Crippen LogP contribution is -2.32. The highest BCUT2D eigenvalue weighted by Crippen LogP contribution is 2.29. The molecule has 11 nitrogen and oxygen atoms in total. The molecular weight excluding hydrogens is 676 g/mol. The zero-order valence-electron chi connectivity index (χ0n) is 29.5. The summed E-state index contributed by atoms with van der Waals surface area (Å²) in [7, 11) is 0. The molecule has 12 heteroatoms. The van der Waals surface area contributed by atoms with Gasteiger partial charge >= 0.3 is 0 Å². The molecule has 5 aromatic rings. The van der Waals surface area contributed by atoms with Crippen molar-refractivity contribution < 1.29 is 9.90 Å². The summed E-state index contributed by atoms with van der Waals surface area (Å²) in [5.41, 5.74) is 15.9. The molecule has 0 atom stereocenters. The number of unbranched alkanes of at least 4 members (excludes halogenated alkanes) is 1. The molecule has 0 spiro atoms. The molecule has 5 N–H and O–H groups in total. The summed E-state index contributed by atoms with van der Waals surface area (Å²) in [6.45, 7) is 9.44. The first kappa shape index (κ1) is 37.4. The summed E-state index contributed by atoms with van der Waals surface area (Å²) in [4.78, 5) is 38.2. The van der Waals surface area contributed by atoms with Crippen LogP contribution in [0, 0.1) is 11.8 Å². The molecule has 2 aromatic heterocycles. The summed E-state index contributed by atoms with van der Waals surface area (Å²) in [5, 5.41) is 15.5. The second kappa shape index (κ2) is 17.4. The summed E-state index contributed by atoms with van der Waals surface area (Å²) >= 11 is 6.58. The van der Waals surface area contributed by atoms with E-state index in [0.717, 1.165) is 31.5 Å². The van der Waals surface area contributed by atoms with E-state index in [4.69, 9.17) is 33.2 Å². The first-order valence-electron chi connectivity index (χ1n) is 17.3. The van der Waals surface area contributed by atoms with Crippen molar-refractivity contribution in [3.8, 4) is 28.8 Å². The number of nitrogen functional groups attached to an aromatic ring is 1. The Balaban J connectivity index is 1.55. The first-order valence-corrected chi connectivity index (χ1v) is 17.7. The number of aromatic nitrogens is 4. The number of nitrogens with zero attached hydrogens (tertiary/aromatic N) is 6. The number of carbonyl (C=O) groups is 1. The van der Waals surface area contributed by atoms with E-state index in [-0.39, 0.29) is 42.0 Å². The predicted octanol–water partition coefficient (Wildman–Crippen LogP) is 6.32. The van der Waals surface area contributed by atoms with E-state index in [0.29, 0.717) is 63.4 Å². The second-order valence-electron chi connectivity index (χ2n) is 12.3. The number of halogens is 1. The van der Waals surface area contributed by atoms with Crippen molar-refractivity contribution in [3.63, 3.8) is 0 Å². The summed E-state index contributed by atoms with van der Waals surface area (Å²) in [6, 6.07) is 19.2. The van der Waals surface area contributed by atoms with E-state index in [1.54, 1.807) is 34.9 Å². The lowest BCUT2D eigenvalue weighted by molar-refractivity contribution is -0.131. The van der Waals surface area contributed by atoms with E-state index in [9.17, 15) is 14.7 Å². The van der Waals surface area contributed by atoms with Crippen LogP contribution in [0.25, 0.3) is 22.2 Å². The predicted molar refractivity (Wildman–Crippen MR) is 208 cm³/mol. The number of amidine groups is 1. The Morgan fingerprint density at radius 2 is 1.79 bits per heavy atom. The van der Waals surface area contributed by atoms with Gasteiger partial charge in [0.1, 0.15) is 35.5 Å². The van der Waals surface area contributed by atoms with Gasteiger partial charge in [0.15, 0.2) is 0 Å². The molecule has 0 saturated carbocycles. The number of aromatic hydroxyl groups is 1. The number of fused-ring (bicyclic) bond motifs is 1. The average Bonchev–Trinajstić information content (AvgIpc) is 3.45. The highest BCUT2D eigenvalue weighted by molar-refractivity contribution is 6.31. The lowest BCUT2D eigenvalue weighted by Gasteiger charge is -2.21. The number of phenols is 1. The molecule has 1 amide bonds. The largest absolute Gasteiger partial charge is 0.508 e. The highest BCUT2D eigenvalue weighted by Gasteiger charge is 2.23.